The second-order valence-electron chi connectivity index (χ2n) is 7.92. The first-order valence-corrected chi connectivity index (χ1v) is 10.6. The third-order valence-corrected chi connectivity index (χ3v) is 5.35. The molecule has 10 nitrogen and oxygen atoms in total. The van der Waals surface area contributed by atoms with Crippen molar-refractivity contribution in [1.82, 2.24) is 14.8 Å². The molecule has 1 aliphatic heterocycles. The minimum Gasteiger partial charge on any atom is -0.506 e. The number of hydrogen-bond acceptors (Lipinski definition) is 6. The monoisotopic (exact) mass is 553 g/mol. The number of hydrogen-bond donors (Lipinski definition) is 4. The van der Waals surface area contributed by atoms with Crippen molar-refractivity contribution in [2.24, 2.45) is 0 Å². The van der Waals surface area contributed by atoms with E-state index in [4.69, 9.17) is 15.0 Å². The molecule has 0 unspecified atom stereocenters. The van der Waals surface area contributed by atoms with E-state index in [0.29, 0.717) is 29.9 Å². The Morgan fingerprint density at radius 1 is 1.00 bits per heavy atom. The summed E-state index contributed by atoms with van der Waals surface area (Å²) in [7, 11) is 0. The number of carbonyl (C=O) groups is 3. The standard InChI is InChI=1S/C20H20F3N3O5.C2HF3O2/c1-2-25-9-13-14(10-25)26(8-11-3-5-12(6-4-11)20(21,22)23)19(31)16(17(13)29)18(30)24-7-15(27)28;3-2(4,5)1(6)7/h3-6,29H,2,7-10H2,1H3,(H,24,30)(H,27,28);(H,6,7). The Morgan fingerprint density at radius 2 is 1.55 bits per heavy atom. The number of pyridine rings is 1. The van der Waals surface area contributed by atoms with Crippen molar-refractivity contribution in [1.29, 1.82) is 0 Å². The van der Waals surface area contributed by atoms with Crippen LogP contribution in [0.4, 0.5) is 26.3 Å². The molecule has 2 aromatic rings. The maximum atomic E-state index is 13.1. The number of halogens is 6. The molecule has 0 saturated heterocycles. The van der Waals surface area contributed by atoms with Crippen LogP contribution in [0.15, 0.2) is 29.1 Å². The highest BCUT2D eigenvalue weighted by Gasteiger charge is 2.38. The molecule has 1 aromatic carbocycles. The Balaban J connectivity index is 0.000000638. The van der Waals surface area contributed by atoms with Crippen molar-refractivity contribution in [3.63, 3.8) is 0 Å². The van der Waals surface area contributed by atoms with E-state index in [-0.39, 0.29) is 13.1 Å². The number of carbonyl (C=O) groups excluding carboxylic acids is 1. The fraction of sp³-hybridized carbons (Fsp3) is 0.364. The quantitative estimate of drug-likeness (QED) is 0.399. The average Bonchev–Trinajstić information content (AvgIpc) is 3.25. The predicted octanol–water partition coefficient (Wildman–Crippen LogP) is 2.40. The number of benzene rings is 1. The first-order chi connectivity index (χ1) is 17.5. The van der Waals surface area contributed by atoms with Gasteiger partial charge in [0.25, 0.3) is 11.5 Å². The van der Waals surface area contributed by atoms with Crippen molar-refractivity contribution >= 4 is 17.8 Å². The zero-order chi connectivity index (χ0) is 29.0. The van der Waals surface area contributed by atoms with E-state index in [0.717, 1.165) is 12.1 Å². The Hall–Kier alpha value is -4.08. The summed E-state index contributed by atoms with van der Waals surface area (Å²) < 4.78 is 71.4. The second kappa shape index (κ2) is 11.5. The molecule has 0 radical (unpaired) electrons. The average molecular weight is 553 g/mol. The molecule has 4 N–H and O–H groups in total. The van der Waals surface area contributed by atoms with Gasteiger partial charge in [-0.3, -0.25) is 19.3 Å². The molecule has 1 aromatic heterocycles. The van der Waals surface area contributed by atoms with Crippen LogP contribution in [-0.2, 0) is 35.4 Å². The van der Waals surface area contributed by atoms with Gasteiger partial charge >= 0.3 is 24.3 Å². The van der Waals surface area contributed by atoms with Crippen LogP contribution in [0.5, 0.6) is 5.75 Å². The van der Waals surface area contributed by atoms with E-state index < -0.39 is 59.2 Å². The van der Waals surface area contributed by atoms with E-state index in [1.807, 2.05) is 11.8 Å². The predicted molar refractivity (Wildman–Crippen MR) is 116 cm³/mol. The maximum Gasteiger partial charge on any atom is 0.490 e. The Morgan fingerprint density at radius 3 is 2.00 bits per heavy atom. The normalized spacial score (nSPS) is 13.3. The van der Waals surface area contributed by atoms with E-state index in [1.54, 1.807) is 0 Å². The number of alkyl halides is 6. The van der Waals surface area contributed by atoms with Crippen molar-refractivity contribution in [3.8, 4) is 5.75 Å². The van der Waals surface area contributed by atoms with E-state index in [1.165, 1.54) is 16.7 Å². The van der Waals surface area contributed by atoms with Crippen LogP contribution in [0, 0.1) is 0 Å². The van der Waals surface area contributed by atoms with Gasteiger partial charge in [0, 0.05) is 24.3 Å². The number of aromatic nitrogens is 1. The molecular formula is C22H21F6N3O7. The fourth-order valence-corrected chi connectivity index (χ4v) is 3.47. The molecule has 0 aliphatic carbocycles. The number of fused-ring (bicyclic) bond motifs is 1. The third kappa shape index (κ3) is 7.24. The lowest BCUT2D eigenvalue weighted by molar-refractivity contribution is -0.192. The fourth-order valence-electron chi connectivity index (χ4n) is 3.47. The lowest BCUT2D eigenvalue weighted by Gasteiger charge is -2.16. The molecule has 38 heavy (non-hydrogen) atoms. The second-order valence-corrected chi connectivity index (χ2v) is 7.92. The van der Waals surface area contributed by atoms with Gasteiger partial charge in [0.2, 0.25) is 0 Å². The summed E-state index contributed by atoms with van der Waals surface area (Å²) in [6.45, 7) is 2.20. The van der Waals surface area contributed by atoms with Gasteiger partial charge in [0.05, 0.1) is 12.1 Å². The highest BCUT2D eigenvalue weighted by molar-refractivity contribution is 5.98. The van der Waals surface area contributed by atoms with Gasteiger partial charge in [0.1, 0.15) is 17.9 Å². The number of nitrogens with one attached hydrogen (secondary N) is 1. The molecule has 1 aliphatic rings. The number of nitrogens with zero attached hydrogens (tertiary/aromatic N) is 2. The van der Waals surface area contributed by atoms with Gasteiger partial charge in [-0.05, 0) is 24.2 Å². The first-order valence-electron chi connectivity index (χ1n) is 10.6. The summed E-state index contributed by atoms with van der Waals surface area (Å²) in [4.78, 5) is 47.0. The number of aromatic hydroxyl groups is 1. The van der Waals surface area contributed by atoms with Gasteiger partial charge in [-0.1, -0.05) is 19.1 Å². The van der Waals surface area contributed by atoms with E-state index >= 15 is 0 Å². The van der Waals surface area contributed by atoms with Gasteiger partial charge in [-0.2, -0.15) is 26.3 Å². The minimum atomic E-state index is -5.08. The van der Waals surface area contributed by atoms with Crippen molar-refractivity contribution in [2.75, 3.05) is 13.1 Å². The summed E-state index contributed by atoms with van der Waals surface area (Å²) in [5.41, 5.74) is -1.06. The highest BCUT2D eigenvalue weighted by Crippen LogP contribution is 2.32. The summed E-state index contributed by atoms with van der Waals surface area (Å²) >= 11 is 0. The Labute approximate surface area is 209 Å². The molecule has 0 saturated carbocycles. The van der Waals surface area contributed by atoms with Gasteiger partial charge < -0.3 is 25.2 Å². The lowest BCUT2D eigenvalue weighted by atomic mass is 10.1. The largest absolute Gasteiger partial charge is 0.506 e. The summed E-state index contributed by atoms with van der Waals surface area (Å²) in [5, 5.41) is 28.5. The van der Waals surface area contributed by atoms with Crippen LogP contribution in [0.2, 0.25) is 0 Å². The van der Waals surface area contributed by atoms with Crippen molar-refractivity contribution in [3.05, 3.63) is 62.6 Å². The molecule has 1 amide bonds. The van der Waals surface area contributed by atoms with Crippen LogP contribution in [0.1, 0.15) is 39.7 Å². The summed E-state index contributed by atoms with van der Waals surface area (Å²) in [6, 6.07) is 4.29. The Bertz CT molecular complexity index is 1270. The van der Waals surface area contributed by atoms with Crippen LogP contribution in [0.3, 0.4) is 0 Å². The molecule has 0 atom stereocenters. The van der Waals surface area contributed by atoms with Crippen molar-refractivity contribution < 1.29 is 56.0 Å². The van der Waals surface area contributed by atoms with Gasteiger partial charge in [-0.15, -0.1) is 0 Å². The molecule has 208 valence electrons. The van der Waals surface area contributed by atoms with Crippen LogP contribution >= 0.6 is 0 Å². The van der Waals surface area contributed by atoms with Gasteiger partial charge in [-0.25, -0.2) is 4.79 Å². The number of carboxylic acids is 2. The smallest absolute Gasteiger partial charge is 0.490 e. The molecule has 0 bridgehead atoms. The maximum absolute atomic E-state index is 13.1. The van der Waals surface area contributed by atoms with E-state index in [2.05, 4.69) is 5.32 Å². The minimum absolute atomic E-state index is 0.115. The molecule has 0 fully saturated rings. The number of rotatable bonds is 6. The van der Waals surface area contributed by atoms with E-state index in [9.17, 15) is 45.8 Å². The zero-order valence-electron chi connectivity index (χ0n) is 19.5. The SMILES string of the molecule is CCN1Cc2c(O)c(C(=O)NCC(=O)O)c(=O)n(Cc3ccc(C(F)(F)F)cc3)c2C1.O=C(O)C(F)(F)F. The molecule has 3 rings (SSSR count). The molecule has 2 heterocycles. The molecule has 0 spiro atoms. The molecule has 16 heteroatoms. The first kappa shape index (κ1) is 30.1. The summed E-state index contributed by atoms with van der Waals surface area (Å²) in [5.74, 6) is -5.63. The Kier molecular flexibility index (Phi) is 9.15. The lowest BCUT2D eigenvalue weighted by Crippen LogP contribution is -2.37. The number of carboxylic acid groups (broad SMARTS) is 2. The summed E-state index contributed by atoms with van der Waals surface area (Å²) in [6.07, 6.45) is -9.58. The number of aliphatic carboxylic acids is 2. The number of amides is 1. The van der Waals surface area contributed by atoms with Gasteiger partial charge in [0.15, 0.2) is 0 Å². The zero-order valence-corrected chi connectivity index (χ0v) is 19.5. The molecular weight excluding hydrogens is 532 g/mol. The van der Waals surface area contributed by atoms with Crippen LogP contribution in [-0.4, -0.2) is 61.9 Å². The highest BCUT2D eigenvalue weighted by atomic mass is 19.4. The third-order valence-electron chi connectivity index (χ3n) is 5.35. The van der Waals surface area contributed by atoms with Crippen LogP contribution in [0.25, 0.3) is 0 Å². The van der Waals surface area contributed by atoms with Crippen LogP contribution < -0.4 is 10.9 Å². The van der Waals surface area contributed by atoms with Crippen molar-refractivity contribution in [2.45, 2.75) is 38.9 Å². The topological polar surface area (TPSA) is 149 Å².